The molecule has 5 rings (SSSR count). The van der Waals surface area contributed by atoms with Gasteiger partial charge in [0.2, 0.25) is 0 Å². The van der Waals surface area contributed by atoms with Gasteiger partial charge in [0.05, 0.1) is 11.3 Å². The van der Waals surface area contributed by atoms with Gasteiger partial charge in [0, 0.05) is 53.2 Å². The smallest absolute Gasteiger partial charge is 0.162 e. The Kier molecular flexibility index (Phi) is 9.10. The molecular weight excluding hydrogens is 637 g/mol. The van der Waals surface area contributed by atoms with Crippen molar-refractivity contribution in [1.29, 1.82) is 0 Å². The van der Waals surface area contributed by atoms with E-state index in [2.05, 4.69) is 16.0 Å². The molecule has 5 heteroatoms. The van der Waals surface area contributed by atoms with Crippen molar-refractivity contribution in [2.75, 3.05) is 0 Å². The van der Waals surface area contributed by atoms with Crippen LogP contribution in [-0.2, 0) is 31.3 Å². The quantitative estimate of drug-likeness (QED) is 0.123. The van der Waals surface area contributed by atoms with Crippen molar-refractivity contribution in [1.82, 2.24) is 9.97 Å². The number of aromatic nitrogens is 2. The summed E-state index contributed by atoms with van der Waals surface area (Å²) in [5.41, 5.74) is 3.51. The Bertz CT molecular complexity index is 1490. The predicted molar refractivity (Wildman–Crippen MR) is 148 cm³/mol. The molecule has 0 spiro atoms. The minimum absolute atomic E-state index is 0. The van der Waals surface area contributed by atoms with Gasteiger partial charge in [-0.15, -0.1) is 29.1 Å². The molecule has 0 unspecified atom stereocenters. The number of fused-ring (bicyclic) bond motifs is 4. The normalized spacial score (nSPS) is 14.4. The number of aliphatic hydroxyl groups is 1. The Labute approximate surface area is 236 Å². The van der Waals surface area contributed by atoms with E-state index in [4.69, 9.17) is 2.74 Å². The van der Waals surface area contributed by atoms with Crippen molar-refractivity contribution in [3.05, 3.63) is 83.9 Å². The zero-order valence-corrected chi connectivity index (χ0v) is 24.2. The summed E-state index contributed by atoms with van der Waals surface area (Å²) in [6.45, 7) is 8.07. The van der Waals surface area contributed by atoms with Crippen LogP contribution in [0.2, 0.25) is 0 Å². The van der Waals surface area contributed by atoms with Gasteiger partial charge in [-0.2, -0.15) is 0 Å². The number of allylic oxidation sites excluding steroid dienone is 2. The number of aliphatic hydroxyl groups excluding tert-OH is 1. The number of carbonyl (C=O) groups is 1. The van der Waals surface area contributed by atoms with Crippen LogP contribution >= 0.6 is 0 Å². The van der Waals surface area contributed by atoms with E-state index in [1.165, 1.54) is 6.08 Å². The fourth-order valence-electron chi connectivity index (χ4n) is 4.85. The summed E-state index contributed by atoms with van der Waals surface area (Å²) < 4.78 is 17.6. The van der Waals surface area contributed by atoms with E-state index in [1.54, 1.807) is 12.4 Å². The molecule has 195 valence electrons. The van der Waals surface area contributed by atoms with Crippen LogP contribution in [0.15, 0.2) is 66.7 Å². The molecule has 0 fully saturated rings. The minimum atomic E-state index is -1.62. The van der Waals surface area contributed by atoms with Gasteiger partial charge in [0.15, 0.2) is 5.78 Å². The van der Waals surface area contributed by atoms with E-state index in [9.17, 15) is 9.90 Å². The van der Waals surface area contributed by atoms with Crippen LogP contribution in [0.1, 0.15) is 67.2 Å². The maximum Gasteiger partial charge on any atom is 0.162 e. The number of benzene rings is 2. The van der Waals surface area contributed by atoms with Crippen LogP contribution in [0.5, 0.6) is 0 Å². The summed E-state index contributed by atoms with van der Waals surface area (Å²) in [4.78, 5) is 20.6. The first-order valence-corrected chi connectivity index (χ1v) is 12.9. The molecule has 2 aromatic heterocycles. The monoisotopic (exact) mass is 674 g/mol. The summed E-state index contributed by atoms with van der Waals surface area (Å²) in [7, 11) is 0. The Morgan fingerprint density at radius 2 is 1.78 bits per heavy atom. The second kappa shape index (κ2) is 13.1. The average molecular weight is 674 g/mol. The van der Waals surface area contributed by atoms with E-state index in [-0.39, 0.29) is 43.5 Å². The third-order valence-corrected chi connectivity index (χ3v) is 7.08. The molecule has 1 aliphatic rings. The Morgan fingerprint density at radius 1 is 1.05 bits per heavy atom. The van der Waals surface area contributed by atoms with E-state index < -0.39 is 6.37 Å². The predicted octanol–water partition coefficient (Wildman–Crippen LogP) is 8.02. The van der Waals surface area contributed by atoms with Crippen molar-refractivity contribution in [3.8, 4) is 11.3 Å². The van der Waals surface area contributed by atoms with Crippen LogP contribution in [0.25, 0.3) is 32.9 Å². The second-order valence-corrected chi connectivity index (χ2v) is 9.16. The molecule has 1 aliphatic carbocycles. The molecule has 2 aromatic carbocycles. The summed E-state index contributed by atoms with van der Waals surface area (Å²) in [6, 6.07) is 16.6. The van der Waals surface area contributed by atoms with Crippen molar-refractivity contribution in [2.24, 2.45) is 11.8 Å². The Balaban J connectivity index is 0.000000233. The Morgan fingerprint density at radius 3 is 2.49 bits per heavy atom. The first kappa shape index (κ1) is 25.8. The van der Waals surface area contributed by atoms with Gasteiger partial charge in [-0.1, -0.05) is 68.5 Å². The molecule has 0 amide bonds. The first-order chi connectivity index (χ1) is 18.3. The van der Waals surface area contributed by atoms with Gasteiger partial charge < -0.3 is 10.1 Å². The number of ketones is 1. The third kappa shape index (κ3) is 6.00. The van der Waals surface area contributed by atoms with Crippen molar-refractivity contribution in [2.45, 2.75) is 59.8 Å². The number of nitrogens with zero attached hydrogens (tertiary/aromatic N) is 2. The van der Waals surface area contributed by atoms with Crippen molar-refractivity contribution < 1.29 is 32.7 Å². The molecule has 0 aliphatic heterocycles. The van der Waals surface area contributed by atoms with Gasteiger partial charge >= 0.3 is 0 Å². The summed E-state index contributed by atoms with van der Waals surface area (Å²) in [5, 5.41) is 12.5. The number of hydrogen-bond donors (Lipinski definition) is 1. The van der Waals surface area contributed by atoms with E-state index >= 15 is 0 Å². The molecule has 37 heavy (non-hydrogen) atoms. The van der Waals surface area contributed by atoms with Crippen molar-refractivity contribution in [3.63, 3.8) is 0 Å². The molecule has 4 nitrogen and oxygen atoms in total. The fraction of sp³-hybridized carbons (Fsp3) is 0.344. The minimum Gasteiger partial charge on any atom is -0.512 e. The van der Waals surface area contributed by atoms with E-state index in [0.29, 0.717) is 22.3 Å². The topological polar surface area (TPSA) is 63.1 Å². The molecule has 0 saturated heterocycles. The molecule has 4 aromatic rings. The maximum absolute atomic E-state index is 11.7. The van der Waals surface area contributed by atoms with Gasteiger partial charge in [0.25, 0.3) is 0 Å². The molecule has 0 saturated carbocycles. The molecule has 0 bridgehead atoms. The first-order valence-electron chi connectivity index (χ1n) is 13.9. The average Bonchev–Trinajstić information content (AvgIpc) is 2.93. The van der Waals surface area contributed by atoms with Crippen LogP contribution in [0.3, 0.4) is 0 Å². The summed E-state index contributed by atoms with van der Waals surface area (Å²) in [6.07, 6.45) is 6.70. The SMILES string of the molecule is CCC(CC)C(=O)/C=C(\O)C(CC)CC.[2H]C1([2H])c2c(ncc3ncccc23)-c2[c-]ccc3cccc1c23.[Ir]. The van der Waals surface area contributed by atoms with Gasteiger partial charge in [0.1, 0.15) is 0 Å². The number of rotatable bonds is 7. The van der Waals surface area contributed by atoms with E-state index in [1.807, 2.05) is 70.2 Å². The Hall–Kier alpha value is -2.88. The van der Waals surface area contributed by atoms with Crippen LogP contribution in [0, 0.1) is 17.9 Å². The fourth-order valence-corrected chi connectivity index (χ4v) is 4.85. The van der Waals surface area contributed by atoms with Crippen LogP contribution in [-0.4, -0.2) is 20.9 Å². The molecule has 1 radical (unpaired) electrons. The second-order valence-electron chi connectivity index (χ2n) is 9.16. The number of hydrogen-bond acceptors (Lipinski definition) is 4. The number of carbonyl (C=O) groups excluding carboxylic acids is 1. The summed E-state index contributed by atoms with van der Waals surface area (Å²) >= 11 is 0. The van der Waals surface area contributed by atoms with Crippen molar-refractivity contribution >= 4 is 27.5 Å². The van der Waals surface area contributed by atoms with Crippen LogP contribution in [0.4, 0.5) is 0 Å². The van der Waals surface area contributed by atoms with Crippen LogP contribution < -0.4 is 0 Å². The summed E-state index contributed by atoms with van der Waals surface area (Å²) in [5.74, 6) is 0.547. The third-order valence-electron chi connectivity index (χ3n) is 7.08. The molecule has 1 N–H and O–H groups in total. The molecule has 0 atom stereocenters. The van der Waals surface area contributed by atoms with Gasteiger partial charge in [-0.3, -0.25) is 9.78 Å². The zero-order chi connectivity index (χ0) is 27.4. The maximum atomic E-state index is 11.7. The standard InChI is InChI=1S/C19H11N2.C13H24O2.Ir/c1-4-12-5-2-7-15-18(12)13(6-1)10-16-14-8-3-9-20-17(14)11-21-19(15)16;1-5-10(6-2)12(14)9-13(15)11(7-3)8-4;/h1-6,8-9,11H,10H2;9-11,14H,5-8H2,1-4H3;/q-1;;/b;12-9-;/i10D2;;. The zero-order valence-electron chi connectivity index (χ0n) is 23.8. The van der Waals surface area contributed by atoms with E-state index in [0.717, 1.165) is 47.4 Å². The number of pyridine rings is 2. The largest absolute Gasteiger partial charge is 0.512 e. The molecule has 2 heterocycles. The molecular formula is C32H35IrN2O2-. The van der Waals surface area contributed by atoms with Gasteiger partial charge in [-0.05, 0) is 49.2 Å². The van der Waals surface area contributed by atoms with Gasteiger partial charge in [-0.25, -0.2) is 0 Å².